The van der Waals surface area contributed by atoms with Crippen molar-refractivity contribution >= 4 is 28.5 Å². The second-order valence-corrected chi connectivity index (χ2v) is 5.45. The van der Waals surface area contributed by atoms with Crippen LogP contribution in [0.1, 0.15) is 25.7 Å². The van der Waals surface area contributed by atoms with Gasteiger partial charge in [0.1, 0.15) is 0 Å². The Balaban J connectivity index is 1.84. The molecule has 0 amide bonds. The van der Waals surface area contributed by atoms with Gasteiger partial charge >= 0.3 is 0 Å². The molecule has 0 aromatic carbocycles. The summed E-state index contributed by atoms with van der Waals surface area (Å²) in [5.74, 6) is 0.758. The molecule has 1 aromatic heterocycles. The van der Waals surface area contributed by atoms with Crippen molar-refractivity contribution in [2.24, 2.45) is 0 Å². The van der Waals surface area contributed by atoms with Gasteiger partial charge in [-0.1, -0.05) is 0 Å². The molecule has 1 aliphatic carbocycles. The molecule has 1 fully saturated rings. The van der Waals surface area contributed by atoms with Crippen molar-refractivity contribution in [3.63, 3.8) is 0 Å². The van der Waals surface area contributed by atoms with Crippen LogP contribution in [0.25, 0.3) is 0 Å². The molecule has 4 nitrogen and oxygen atoms in total. The first-order valence-electron chi connectivity index (χ1n) is 5.69. The van der Waals surface area contributed by atoms with Gasteiger partial charge in [-0.05, 0) is 55.3 Å². The molecule has 1 saturated carbocycles. The van der Waals surface area contributed by atoms with Crippen LogP contribution in [0.4, 0.5) is 5.95 Å². The summed E-state index contributed by atoms with van der Waals surface area (Å²) in [6, 6.07) is 1.22. The lowest BCUT2D eigenvalue weighted by molar-refractivity contribution is 0.370. The van der Waals surface area contributed by atoms with Crippen molar-refractivity contribution in [2.75, 3.05) is 12.4 Å². The summed E-state index contributed by atoms with van der Waals surface area (Å²) >= 11 is 2.21. The molecule has 2 rings (SSSR count). The molecule has 0 atom stereocenters. The van der Waals surface area contributed by atoms with E-state index in [0.717, 1.165) is 9.52 Å². The van der Waals surface area contributed by atoms with Crippen molar-refractivity contribution in [1.29, 1.82) is 0 Å². The van der Waals surface area contributed by atoms with Gasteiger partial charge in [-0.25, -0.2) is 9.97 Å². The van der Waals surface area contributed by atoms with E-state index in [1.807, 2.05) is 19.4 Å². The maximum atomic E-state index is 4.27. The zero-order chi connectivity index (χ0) is 11.4. The van der Waals surface area contributed by atoms with Crippen LogP contribution in [0, 0.1) is 3.57 Å². The third kappa shape index (κ3) is 3.28. The highest BCUT2D eigenvalue weighted by molar-refractivity contribution is 14.1. The molecule has 5 heteroatoms. The van der Waals surface area contributed by atoms with Gasteiger partial charge in [-0.3, -0.25) is 0 Å². The number of anilines is 1. The Bertz CT molecular complexity index is 319. The van der Waals surface area contributed by atoms with Gasteiger partial charge in [0.15, 0.2) is 0 Å². The molecule has 0 radical (unpaired) electrons. The highest BCUT2D eigenvalue weighted by Crippen LogP contribution is 2.20. The molecule has 1 aliphatic rings. The van der Waals surface area contributed by atoms with Crippen LogP contribution in [-0.4, -0.2) is 29.1 Å². The fourth-order valence-corrected chi connectivity index (χ4v) is 2.37. The Kier molecular flexibility index (Phi) is 4.34. The van der Waals surface area contributed by atoms with Crippen molar-refractivity contribution in [3.8, 4) is 0 Å². The number of hydrogen-bond acceptors (Lipinski definition) is 4. The minimum atomic E-state index is 0.532. The summed E-state index contributed by atoms with van der Waals surface area (Å²) in [5, 5.41) is 6.74. The van der Waals surface area contributed by atoms with Crippen LogP contribution >= 0.6 is 22.6 Å². The van der Waals surface area contributed by atoms with Gasteiger partial charge in [0.25, 0.3) is 0 Å². The Labute approximate surface area is 110 Å². The molecule has 0 bridgehead atoms. The highest BCUT2D eigenvalue weighted by Gasteiger charge is 2.20. The summed E-state index contributed by atoms with van der Waals surface area (Å²) in [6.45, 7) is 0. The predicted molar refractivity (Wildman–Crippen MR) is 73.5 cm³/mol. The second kappa shape index (κ2) is 5.77. The Morgan fingerprint density at radius 1 is 1.12 bits per heavy atom. The molecule has 1 heterocycles. The number of nitrogens with zero attached hydrogens (tertiary/aromatic N) is 2. The molecular weight excluding hydrogens is 315 g/mol. The monoisotopic (exact) mass is 332 g/mol. The van der Waals surface area contributed by atoms with Crippen molar-refractivity contribution in [2.45, 2.75) is 37.8 Å². The number of halogens is 1. The van der Waals surface area contributed by atoms with Crippen molar-refractivity contribution in [1.82, 2.24) is 15.3 Å². The van der Waals surface area contributed by atoms with Crippen LogP contribution in [-0.2, 0) is 0 Å². The molecule has 0 saturated heterocycles. The lowest BCUT2D eigenvalue weighted by atomic mass is 9.91. The zero-order valence-electron chi connectivity index (χ0n) is 9.41. The maximum Gasteiger partial charge on any atom is 0.222 e. The molecule has 0 unspecified atom stereocenters. The van der Waals surface area contributed by atoms with Gasteiger partial charge < -0.3 is 10.6 Å². The topological polar surface area (TPSA) is 49.8 Å². The number of nitrogens with one attached hydrogen (secondary N) is 2. The highest BCUT2D eigenvalue weighted by atomic mass is 127. The second-order valence-electron chi connectivity index (χ2n) is 4.21. The summed E-state index contributed by atoms with van der Waals surface area (Å²) < 4.78 is 1.07. The minimum absolute atomic E-state index is 0.532. The van der Waals surface area contributed by atoms with Gasteiger partial charge in [0.05, 0.1) is 0 Å². The fraction of sp³-hybridized carbons (Fsp3) is 0.636. The summed E-state index contributed by atoms with van der Waals surface area (Å²) in [7, 11) is 2.04. The number of hydrogen-bond donors (Lipinski definition) is 2. The normalized spacial score (nSPS) is 25.4. The van der Waals surface area contributed by atoms with E-state index in [4.69, 9.17) is 0 Å². The standard InChI is InChI=1S/C11H17IN4/c1-13-9-2-4-10(5-3-9)16-11-14-6-8(12)7-15-11/h6-7,9-10,13H,2-5H2,1H3,(H,14,15,16). The average Bonchev–Trinajstić information content (AvgIpc) is 2.33. The molecule has 16 heavy (non-hydrogen) atoms. The zero-order valence-corrected chi connectivity index (χ0v) is 11.6. The van der Waals surface area contributed by atoms with E-state index in [2.05, 4.69) is 43.2 Å². The van der Waals surface area contributed by atoms with E-state index in [-0.39, 0.29) is 0 Å². The van der Waals surface area contributed by atoms with Crippen molar-refractivity contribution < 1.29 is 0 Å². The Morgan fingerprint density at radius 2 is 1.69 bits per heavy atom. The van der Waals surface area contributed by atoms with E-state index >= 15 is 0 Å². The molecule has 1 aromatic rings. The van der Waals surface area contributed by atoms with Gasteiger partial charge in [-0.15, -0.1) is 0 Å². The van der Waals surface area contributed by atoms with E-state index < -0.39 is 0 Å². The lowest BCUT2D eigenvalue weighted by Crippen LogP contribution is -2.35. The lowest BCUT2D eigenvalue weighted by Gasteiger charge is -2.28. The van der Waals surface area contributed by atoms with Gasteiger partial charge in [0.2, 0.25) is 5.95 Å². The van der Waals surface area contributed by atoms with E-state index in [1.165, 1.54) is 25.7 Å². The smallest absolute Gasteiger partial charge is 0.222 e. The van der Waals surface area contributed by atoms with Crippen LogP contribution in [0.5, 0.6) is 0 Å². The van der Waals surface area contributed by atoms with Crippen LogP contribution in [0.2, 0.25) is 0 Å². The number of aromatic nitrogens is 2. The third-order valence-corrected chi connectivity index (χ3v) is 3.65. The van der Waals surface area contributed by atoms with Gasteiger partial charge in [0, 0.05) is 28.0 Å². The molecule has 88 valence electrons. The summed E-state index contributed by atoms with van der Waals surface area (Å²) in [6.07, 6.45) is 8.54. The molecular formula is C11H17IN4. The average molecular weight is 332 g/mol. The van der Waals surface area contributed by atoms with E-state index in [0.29, 0.717) is 12.1 Å². The molecule has 2 N–H and O–H groups in total. The number of rotatable bonds is 3. The summed E-state index contributed by atoms with van der Waals surface area (Å²) in [4.78, 5) is 8.53. The van der Waals surface area contributed by atoms with Crippen molar-refractivity contribution in [3.05, 3.63) is 16.0 Å². The Hall–Kier alpha value is -0.430. The first kappa shape index (κ1) is 12.0. The first-order valence-corrected chi connectivity index (χ1v) is 6.77. The van der Waals surface area contributed by atoms with Crippen LogP contribution in [0.15, 0.2) is 12.4 Å². The van der Waals surface area contributed by atoms with E-state index in [1.54, 1.807) is 0 Å². The molecule has 0 spiro atoms. The molecule has 0 aliphatic heterocycles. The third-order valence-electron chi connectivity index (χ3n) is 3.09. The van der Waals surface area contributed by atoms with Gasteiger partial charge in [-0.2, -0.15) is 0 Å². The van der Waals surface area contributed by atoms with Crippen LogP contribution < -0.4 is 10.6 Å². The SMILES string of the molecule is CNC1CCC(Nc2ncc(I)cn2)CC1. The Morgan fingerprint density at radius 3 is 2.25 bits per heavy atom. The predicted octanol–water partition coefficient (Wildman–Crippen LogP) is 2.02. The fourth-order valence-electron chi connectivity index (χ4n) is 2.10. The van der Waals surface area contributed by atoms with E-state index in [9.17, 15) is 0 Å². The van der Waals surface area contributed by atoms with Crippen LogP contribution in [0.3, 0.4) is 0 Å². The quantitative estimate of drug-likeness (QED) is 0.832. The largest absolute Gasteiger partial charge is 0.351 e. The maximum absolute atomic E-state index is 4.27. The first-order chi connectivity index (χ1) is 7.78. The minimum Gasteiger partial charge on any atom is -0.351 e. The summed E-state index contributed by atoms with van der Waals surface area (Å²) in [5.41, 5.74) is 0.